The van der Waals surface area contributed by atoms with Gasteiger partial charge in [-0.2, -0.15) is 0 Å². The van der Waals surface area contributed by atoms with Crippen molar-refractivity contribution in [2.45, 2.75) is 13.0 Å². The highest BCUT2D eigenvalue weighted by molar-refractivity contribution is 5.79. The van der Waals surface area contributed by atoms with Crippen molar-refractivity contribution in [1.29, 1.82) is 0 Å². The minimum Gasteiger partial charge on any atom is -0.497 e. The van der Waals surface area contributed by atoms with E-state index in [2.05, 4.69) is 16.0 Å². The molecule has 1 amide bonds. The summed E-state index contributed by atoms with van der Waals surface area (Å²) in [6.07, 6.45) is 4.12. The molecule has 24 heavy (non-hydrogen) atoms. The van der Waals surface area contributed by atoms with Crippen LogP contribution in [0.2, 0.25) is 0 Å². The van der Waals surface area contributed by atoms with E-state index in [1.807, 2.05) is 41.4 Å². The van der Waals surface area contributed by atoms with Gasteiger partial charge in [0.25, 0.3) is 0 Å². The summed E-state index contributed by atoms with van der Waals surface area (Å²) >= 11 is 0. The molecule has 0 atom stereocenters. The van der Waals surface area contributed by atoms with Gasteiger partial charge in [-0.25, -0.2) is 0 Å². The number of nitrogens with zero attached hydrogens (tertiary/aromatic N) is 3. The maximum Gasteiger partial charge on any atom is 0.227 e. The highest BCUT2D eigenvalue weighted by atomic mass is 16.5. The lowest BCUT2D eigenvalue weighted by atomic mass is 10.1. The molecule has 1 aliphatic heterocycles. The Labute approximate surface area is 142 Å². The molecule has 0 saturated carbocycles. The van der Waals surface area contributed by atoms with Crippen LogP contribution in [-0.4, -0.2) is 54.0 Å². The largest absolute Gasteiger partial charge is 0.497 e. The molecular formula is C19H23N3O2. The smallest absolute Gasteiger partial charge is 0.227 e. The maximum absolute atomic E-state index is 12.5. The number of benzene rings is 1. The Kier molecular flexibility index (Phi) is 5.43. The first-order valence-electron chi connectivity index (χ1n) is 8.26. The predicted octanol–water partition coefficient (Wildman–Crippen LogP) is 1.98. The van der Waals surface area contributed by atoms with Crippen LogP contribution in [-0.2, 0) is 17.8 Å². The van der Waals surface area contributed by atoms with Crippen molar-refractivity contribution in [3.63, 3.8) is 0 Å². The Morgan fingerprint density at radius 3 is 2.62 bits per heavy atom. The second-order valence-corrected chi connectivity index (χ2v) is 6.05. The van der Waals surface area contributed by atoms with Crippen LogP contribution in [0, 0.1) is 0 Å². The Bertz CT molecular complexity index is 667. The van der Waals surface area contributed by atoms with E-state index in [0.29, 0.717) is 6.42 Å². The van der Waals surface area contributed by atoms with E-state index in [4.69, 9.17) is 4.74 Å². The van der Waals surface area contributed by atoms with Crippen LogP contribution < -0.4 is 4.74 Å². The Morgan fingerprint density at radius 2 is 1.92 bits per heavy atom. The van der Waals surface area contributed by atoms with E-state index in [1.54, 1.807) is 13.3 Å². The summed E-state index contributed by atoms with van der Waals surface area (Å²) in [5, 5.41) is 0. The molecule has 1 aromatic heterocycles. The first-order chi connectivity index (χ1) is 11.7. The van der Waals surface area contributed by atoms with Gasteiger partial charge < -0.3 is 9.64 Å². The summed E-state index contributed by atoms with van der Waals surface area (Å²) in [5.41, 5.74) is 2.21. The average Bonchev–Trinajstić information content (AvgIpc) is 2.63. The van der Waals surface area contributed by atoms with Gasteiger partial charge in [-0.05, 0) is 29.3 Å². The van der Waals surface area contributed by atoms with Gasteiger partial charge in [0.15, 0.2) is 0 Å². The van der Waals surface area contributed by atoms with Crippen LogP contribution >= 0.6 is 0 Å². The Hall–Kier alpha value is -2.40. The van der Waals surface area contributed by atoms with Crippen molar-refractivity contribution in [3.8, 4) is 5.75 Å². The fraction of sp³-hybridized carbons (Fsp3) is 0.368. The third-order valence-corrected chi connectivity index (χ3v) is 4.34. The Morgan fingerprint density at radius 1 is 1.12 bits per heavy atom. The van der Waals surface area contributed by atoms with Crippen molar-refractivity contribution in [3.05, 3.63) is 59.9 Å². The standard InChI is InChI=1S/C19H23N3O2/c1-24-18-6-2-4-16(12-18)13-19(23)22-10-8-21(9-11-22)15-17-5-3-7-20-14-17/h2-7,12,14H,8-11,13,15H2,1H3. The number of hydrogen-bond donors (Lipinski definition) is 0. The van der Waals surface area contributed by atoms with Gasteiger partial charge in [-0.15, -0.1) is 0 Å². The lowest BCUT2D eigenvalue weighted by Gasteiger charge is -2.34. The zero-order valence-electron chi connectivity index (χ0n) is 14.0. The molecule has 0 spiro atoms. The summed E-state index contributed by atoms with van der Waals surface area (Å²) in [7, 11) is 1.64. The monoisotopic (exact) mass is 325 g/mol. The number of methoxy groups -OCH3 is 1. The molecule has 1 saturated heterocycles. The number of rotatable bonds is 5. The number of piperazine rings is 1. The molecule has 2 heterocycles. The summed E-state index contributed by atoms with van der Waals surface area (Å²) < 4.78 is 5.22. The van der Waals surface area contributed by atoms with E-state index in [0.717, 1.165) is 44.0 Å². The van der Waals surface area contributed by atoms with Gasteiger partial charge in [0.1, 0.15) is 5.75 Å². The molecule has 0 radical (unpaired) electrons. The third kappa shape index (κ3) is 4.32. The van der Waals surface area contributed by atoms with Gasteiger partial charge in [0.05, 0.1) is 13.5 Å². The van der Waals surface area contributed by atoms with Crippen LogP contribution in [0.3, 0.4) is 0 Å². The van der Waals surface area contributed by atoms with E-state index in [9.17, 15) is 4.79 Å². The number of hydrogen-bond acceptors (Lipinski definition) is 4. The number of carbonyl (C=O) groups excluding carboxylic acids is 1. The average molecular weight is 325 g/mol. The highest BCUT2D eigenvalue weighted by Gasteiger charge is 2.21. The normalized spacial score (nSPS) is 15.3. The molecule has 1 aliphatic rings. The lowest BCUT2D eigenvalue weighted by Crippen LogP contribution is -2.48. The van der Waals surface area contributed by atoms with Gasteiger partial charge in [0, 0.05) is 45.1 Å². The minimum atomic E-state index is 0.185. The van der Waals surface area contributed by atoms with Crippen LogP contribution in [0.4, 0.5) is 0 Å². The molecule has 0 aliphatic carbocycles. The van der Waals surface area contributed by atoms with Crippen LogP contribution in [0.5, 0.6) is 5.75 Å². The van der Waals surface area contributed by atoms with Crippen LogP contribution in [0.1, 0.15) is 11.1 Å². The van der Waals surface area contributed by atoms with E-state index in [-0.39, 0.29) is 5.91 Å². The number of carbonyl (C=O) groups is 1. The molecule has 0 bridgehead atoms. The number of pyridine rings is 1. The molecule has 3 rings (SSSR count). The third-order valence-electron chi connectivity index (χ3n) is 4.34. The number of aromatic nitrogens is 1. The van der Waals surface area contributed by atoms with Crippen molar-refractivity contribution in [2.24, 2.45) is 0 Å². The minimum absolute atomic E-state index is 0.185. The zero-order valence-corrected chi connectivity index (χ0v) is 14.0. The second kappa shape index (κ2) is 7.93. The maximum atomic E-state index is 12.5. The van der Waals surface area contributed by atoms with Crippen LogP contribution in [0.15, 0.2) is 48.8 Å². The molecule has 0 N–H and O–H groups in total. The van der Waals surface area contributed by atoms with Crippen molar-refractivity contribution >= 4 is 5.91 Å². The first kappa shape index (κ1) is 16.5. The number of ether oxygens (including phenoxy) is 1. The molecule has 126 valence electrons. The quantitative estimate of drug-likeness (QED) is 0.843. The van der Waals surface area contributed by atoms with Gasteiger partial charge >= 0.3 is 0 Å². The molecule has 5 nitrogen and oxygen atoms in total. The van der Waals surface area contributed by atoms with Gasteiger partial charge in [-0.1, -0.05) is 18.2 Å². The lowest BCUT2D eigenvalue weighted by molar-refractivity contribution is -0.132. The van der Waals surface area contributed by atoms with E-state index >= 15 is 0 Å². The fourth-order valence-electron chi connectivity index (χ4n) is 2.97. The predicted molar refractivity (Wildman–Crippen MR) is 92.8 cm³/mol. The molecule has 1 fully saturated rings. The molecule has 0 unspecified atom stereocenters. The Balaban J connectivity index is 1.49. The van der Waals surface area contributed by atoms with Crippen LogP contribution in [0.25, 0.3) is 0 Å². The molecule has 1 aromatic carbocycles. The van der Waals surface area contributed by atoms with Gasteiger partial charge in [0.2, 0.25) is 5.91 Å². The summed E-state index contributed by atoms with van der Waals surface area (Å²) in [6.45, 7) is 4.26. The summed E-state index contributed by atoms with van der Waals surface area (Å²) in [6, 6.07) is 11.8. The number of amides is 1. The zero-order chi connectivity index (χ0) is 16.8. The summed E-state index contributed by atoms with van der Waals surface area (Å²) in [4.78, 5) is 21.0. The molecular weight excluding hydrogens is 302 g/mol. The fourth-order valence-corrected chi connectivity index (χ4v) is 2.97. The van der Waals surface area contributed by atoms with Gasteiger partial charge in [-0.3, -0.25) is 14.7 Å². The van der Waals surface area contributed by atoms with E-state index < -0.39 is 0 Å². The summed E-state index contributed by atoms with van der Waals surface area (Å²) in [5.74, 6) is 0.978. The van der Waals surface area contributed by atoms with E-state index in [1.165, 1.54) is 5.56 Å². The first-order valence-corrected chi connectivity index (χ1v) is 8.26. The molecule has 5 heteroatoms. The second-order valence-electron chi connectivity index (χ2n) is 6.05. The highest BCUT2D eigenvalue weighted by Crippen LogP contribution is 2.15. The van der Waals surface area contributed by atoms with Crippen molar-refractivity contribution < 1.29 is 9.53 Å². The van der Waals surface area contributed by atoms with Crippen molar-refractivity contribution in [1.82, 2.24) is 14.8 Å². The topological polar surface area (TPSA) is 45.7 Å². The SMILES string of the molecule is COc1cccc(CC(=O)N2CCN(Cc3cccnc3)CC2)c1. The van der Waals surface area contributed by atoms with Crippen molar-refractivity contribution in [2.75, 3.05) is 33.3 Å². The molecule has 2 aromatic rings.